The second-order valence-corrected chi connectivity index (χ2v) is 5.60. The summed E-state index contributed by atoms with van der Waals surface area (Å²) >= 11 is 0. The second-order valence-electron chi connectivity index (χ2n) is 5.60. The average molecular weight is 276 g/mol. The van der Waals surface area contributed by atoms with E-state index in [1.54, 1.807) is 12.0 Å². The number of nitrogens with one attached hydrogen (secondary N) is 1. The first-order valence-electron chi connectivity index (χ1n) is 7.14. The first-order valence-corrected chi connectivity index (χ1v) is 7.14. The van der Waals surface area contributed by atoms with Gasteiger partial charge in [0.25, 0.3) is 5.91 Å². The summed E-state index contributed by atoms with van der Waals surface area (Å²) in [5, 5.41) is 3.27. The van der Waals surface area contributed by atoms with Crippen LogP contribution < -0.4 is 5.32 Å². The van der Waals surface area contributed by atoms with Crippen molar-refractivity contribution in [2.45, 2.75) is 31.9 Å². The number of hydrogen-bond donors (Lipinski definition) is 1. The van der Waals surface area contributed by atoms with E-state index in [1.807, 2.05) is 13.1 Å². The molecule has 1 aromatic carbocycles. The number of methoxy groups -OCH3 is 1. The van der Waals surface area contributed by atoms with Crippen LogP contribution in [0.5, 0.6) is 0 Å². The molecule has 110 valence electrons. The summed E-state index contributed by atoms with van der Waals surface area (Å²) in [6, 6.07) is 8.26. The summed E-state index contributed by atoms with van der Waals surface area (Å²) in [6.07, 6.45) is 1.47. The summed E-state index contributed by atoms with van der Waals surface area (Å²) in [5.41, 5.74) is 1.72. The van der Waals surface area contributed by atoms with E-state index in [0.717, 1.165) is 31.5 Å². The van der Waals surface area contributed by atoms with E-state index in [9.17, 15) is 4.79 Å². The Bertz CT molecular complexity index is 467. The Kier molecular flexibility index (Phi) is 4.78. The molecule has 1 aliphatic rings. The Balaban J connectivity index is 2.07. The van der Waals surface area contributed by atoms with Crippen LogP contribution in [0.1, 0.15) is 24.0 Å². The Morgan fingerprint density at radius 1 is 1.40 bits per heavy atom. The van der Waals surface area contributed by atoms with Crippen molar-refractivity contribution < 1.29 is 9.53 Å². The van der Waals surface area contributed by atoms with Gasteiger partial charge in [-0.1, -0.05) is 29.8 Å². The number of aryl methyl sites for hydroxylation is 1. The lowest BCUT2D eigenvalue weighted by Crippen LogP contribution is -2.54. The van der Waals surface area contributed by atoms with Gasteiger partial charge < -0.3 is 15.0 Å². The van der Waals surface area contributed by atoms with Crippen LogP contribution >= 0.6 is 0 Å². The maximum absolute atomic E-state index is 12.7. The maximum Gasteiger partial charge on any atom is 0.254 e. The standard InChI is InChI=1S/C16H24N2O2/c1-13-5-4-6-14(11-13)12-18(2)15(19)16(20-3)7-9-17-10-8-16/h4-6,11,17H,7-10,12H2,1-3H3. The fourth-order valence-corrected chi connectivity index (χ4v) is 2.84. The Labute approximate surface area is 121 Å². The monoisotopic (exact) mass is 276 g/mol. The number of benzene rings is 1. The van der Waals surface area contributed by atoms with Gasteiger partial charge in [0.05, 0.1) is 0 Å². The van der Waals surface area contributed by atoms with Crippen LogP contribution in [-0.4, -0.2) is 43.7 Å². The number of likely N-dealkylation sites (N-methyl/N-ethyl adjacent to an activating group) is 1. The van der Waals surface area contributed by atoms with Gasteiger partial charge in [-0.15, -0.1) is 0 Å². The lowest BCUT2D eigenvalue weighted by atomic mass is 9.90. The minimum Gasteiger partial charge on any atom is -0.368 e. The van der Waals surface area contributed by atoms with Crippen LogP contribution in [-0.2, 0) is 16.1 Å². The Hall–Kier alpha value is -1.39. The molecule has 1 aliphatic heterocycles. The van der Waals surface area contributed by atoms with Crippen molar-refractivity contribution in [2.75, 3.05) is 27.2 Å². The molecule has 2 rings (SSSR count). The van der Waals surface area contributed by atoms with Gasteiger partial charge in [0.2, 0.25) is 0 Å². The zero-order valence-electron chi connectivity index (χ0n) is 12.6. The van der Waals surface area contributed by atoms with E-state index in [2.05, 4.69) is 30.4 Å². The van der Waals surface area contributed by atoms with E-state index in [1.165, 1.54) is 5.56 Å². The summed E-state index contributed by atoms with van der Waals surface area (Å²) in [4.78, 5) is 14.5. The van der Waals surface area contributed by atoms with Crippen molar-refractivity contribution >= 4 is 5.91 Å². The van der Waals surface area contributed by atoms with Crippen LogP contribution in [0.4, 0.5) is 0 Å². The molecular weight excluding hydrogens is 252 g/mol. The Morgan fingerprint density at radius 2 is 2.10 bits per heavy atom. The predicted molar refractivity (Wildman–Crippen MR) is 79.5 cm³/mol. The van der Waals surface area contributed by atoms with Gasteiger partial charge in [-0.25, -0.2) is 0 Å². The minimum atomic E-state index is -0.649. The average Bonchev–Trinajstić information content (AvgIpc) is 2.47. The molecule has 4 heteroatoms. The molecule has 20 heavy (non-hydrogen) atoms. The number of amides is 1. The number of ether oxygens (including phenoxy) is 1. The third kappa shape index (κ3) is 3.19. The summed E-state index contributed by atoms with van der Waals surface area (Å²) in [6.45, 7) is 4.35. The van der Waals surface area contributed by atoms with Gasteiger partial charge in [-0.2, -0.15) is 0 Å². The van der Waals surface area contributed by atoms with Gasteiger partial charge in [0, 0.05) is 20.7 Å². The highest BCUT2D eigenvalue weighted by molar-refractivity contribution is 5.85. The molecule has 0 aromatic heterocycles. The van der Waals surface area contributed by atoms with Crippen LogP contribution in [0.3, 0.4) is 0 Å². The first-order chi connectivity index (χ1) is 9.57. The highest BCUT2D eigenvalue weighted by Gasteiger charge is 2.41. The number of nitrogens with zero attached hydrogens (tertiary/aromatic N) is 1. The Morgan fingerprint density at radius 3 is 2.70 bits per heavy atom. The third-order valence-corrected chi connectivity index (χ3v) is 4.04. The fourth-order valence-electron chi connectivity index (χ4n) is 2.84. The van der Waals surface area contributed by atoms with Gasteiger partial charge in [0.1, 0.15) is 5.60 Å². The largest absolute Gasteiger partial charge is 0.368 e. The van der Waals surface area contributed by atoms with Crippen LogP contribution in [0, 0.1) is 6.92 Å². The second kappa shape index (κ2) is 6.37. The molecule has 1 amide bonds. The molecular formula is C16H24N2O2. The highest BCUT2D eigenvalue weighted by atomic mass is 16.5. The van der Waals surface area contributed by atoms with E-state index in [0.29, 0.717) is 6.54 Å². The molecule has 1 fully saturated rings. The van der Waals surface area contributed by atoms with E-state index in [-0.39, 0.29) is 5.91 Å². The molecule has 0 radical (unpaired) electrons. The summed E-state index contributed by atoms with van der Waals surface area (Å²) in [5.74, 6) is 0.0861. The predicted octanol–water partition coefficient (Wildman–Crippen LogP) is 1.72. The van der Waals surface area contributed by atoms with Crippen LogP contribution in [0.25, 0.3) is 0 Å². The molecule has 0 bridgehead atoms. The van der Waals surface area contributed by atoms with Crippen molar-refractivity contribution in [2.24, 2.45) is 0 Å². The number of hydrogen-bond acceptors (Lipinski definition) is 3. The smallest absolute Gasteiger partial charge is 0.254 e. The highest BCUT2D eigenvalue weighted by Crippen LogP contribution is 2.25. The zero-order chi connectivity index (χ0) is 14.6. The van der Waals surface area contributed by atoms with Crippen molar-refractivity contribution in [3.8, 4) is 0 Å². The summed E-state index contributed by atoms with van der Waals surface area (Å²) < 4.78 is 5.59. The van der Waals surface area contributed by atoms with Crippen molar-refractivity contribution in [3.05, 3.63) is 35.4 Å². The molecule has 1 heterocycles. The zero-order valence-corrected chi connectivity index (χ0v) is 12.6. The van der Waals surface area contributed by atoms with Crippen LogP contribution in [0.15, 0.2) is 24.3 Å². The van der Waals surface area contributed by atoms with Gasteiger partial charge in [-0.05, 0) is 38.4 Å². The molecule has 1 N–H and O–H groups in total. The van der Waals surface area contributed by atoms with Gasteiger partial charge in [-0.3, -0.25) is 4.79 Å². The van der Waals surface area contributed by atoms with Crippen molar-refractivity contribution in [1.29, 1.82) is 0 Å². The SMILES string of the molecule is COC1(C(=O)N(C)Cc2cccc(C)c2)CCNCC1. The number of rotatable bonds is 4. The molecule has 1 saturated heterocycles. The fraction of sp³-hybridized carbons (Fsp3) is 0.562. The first kappa shape index (κ1) is 15.0. The molecule has 0 aliphatic carbocycles. The van der Waals surface area contributed by atoms with Crippen molar-refractivity contribution in [1.82, 2.24) is 10.2 Å². The topological polar surface area (TPSA) is 41.6 Å². The number of carbonyl (C=O) groups is 1. The molecule has 0 atom stereocenters. The van der Waals surface area contributed by atoms with Gasteiger partial charge >= 0.3 is 0 Å². The summed E-state index contributed by atoms with van der Waals surface area (Å²) in [7, 11) is 3.50. The molecule has 4 nitrogen and oxygen atoms in total. The van der Waals surface area contributed by atoms with E-state index >= 15 is 0 Å². The maximum atomic E-state index is 12.7. The quantitative estimate of drug-likeness (QED) is 0.910. The van der Waals surface area contributed by atoms with E-state index < -0.39 is 5.60 Å². The number of piperidine rings is 1. The molecule has 0 saturated carbocycles. The lowest BCUT2D eigenvalue weighted by Gasteiger charge is -2.37. The third-order valence-electron chi connectivity index (χ3n) is 4.04. The molecule has 0 spiro atoms. The van der Waals surface area contributed by atoms with E-state index in [4.69, 9.17) is 4.74 Å². The lowest BCUT2D eigenvalue weighted by molar-refractivity contribution is -0.157. The molecule has 0 unspecified atom stereocenters. The number of carbonyl (C=O) groups excluding carboxylic acids is 1. The molecule has 1 aromatic rings. The normalized spacial score (nSPS) is 17.8. The van der Waals surface area contributed by atoms with Crippen LogP contribution in [0.2, 0.25) is 0 Å². The minimum absolute atomic E-state index is 0.0861. The van der Waals surface area contributed by atoms with Crippen molar-refractivity contribution in [3.63, 3.8) is 0 Å². The van der Waals surface area contributed by atoms with Gasteiger partial charge in [0.15, 0.2) is 0 Å².